The number of Topliss-reactive ketones (excluding diaryl/α,β-unsaturated/α-hetero) is 1. The van der Waals surface area contributed by atoms with Crippen LogP contribution >= 0.6 is 0 Å². The molecule has 0 aliphatic heterocycles. The van der Waals surface area contributed by atoms with Crippen molar-refractivity contribution in [3.05, 3.63) is 100 Å². The van der Waals surface area contributed by atoms with E-state index < -0.39 is 0 Å². The third-order valence-corrected chi connectivity index (χ3v) is 5.31. The van der Waals surface area contributed by atoms with Gasteiger partial charge < -0.3 is 14.1 Å². The summed E-state index contributed by atoms with van der Waals surface area (Å²) < 4.78 is 11.9. The Hall–Kier alpha value is -4.12. The van der Waals surface area contributed by atoms with Crippen LogP contribution in [0.15, 0.2) is 88.2 Å². The van der Waals surface area contributed by atoms with Crippen molar-refractivity contribution in [2.45, 2.75) is 6.92 Å². The van der Waals surface area contributed by atoms with Gasteiger partial charge in [0.25, 0.3) is 0 Å². The molecular formula is C26H19NO4. The van der Waals surface area contributed by atoms with Gasteiger partial charge in [-0.2, -0.15) is 0 Å². The van der Waals surface area contributed by atoms with Gasteiger partial charge in [-0.3, -0.25) is 9.59 Å². The molecule has 0 saturated carbocycles. The monoisotopic (exact) mass is 409 g/mol. The Bertz CT molecular complexity index is 1480. The van der Waals surface area contributed by atoms with Crippen molar-refractivity contribution in [2.75, 3.05) is 6.61 Å². The van der Waals surface area contributed by atoms with Gasteiger partial charge in [-0.15, -0.1) is 0 Å². The zero-order valence-corrected chi connectivity index (χ0v) is 16.8. The molecule has 0 atom stereocenters. The summed E-state index contributed by atoms with van der Waals surface area (Å²) in [5.41, 5.74) is 3.36. The number of aryl methyl sites for hydroxylation is 1. The van der Waals surface area contributed by atoms with E-state index in [1.54, 1.807) is 24.4 Å². The molecule has 5 nitrogen and oxygen atoms in total. The van der Waals surface area contributed by atoms with Gasteiger partial charge in [-0.1, -0.05) is 60.2 Å². The highest BCUT2D eigenvalue weighted by molar-refractivity contribution is 6.08. The fraction of sp³-hybridized carbons (Fsp3) is 0.0769. The Labute approximate surface area is 177 Å². The topological polar surface area (TPSA) is 72.3 Å². The lowest BCUT2D eigenvalue weighted by Crippen LogP contribution is -2.17. The van der Waals surface area contributed by atoms with Crippen LogP contribution in [-0.2, 0) is 0 Å². The van der Waals surface area contributed by atoms with Crippen LogP contribution in [0, 0.1) is 6.92 Å². The Morgan fingerprint density at radius 3 is 2.45 bits per heavy atom. The first kappa shape index (κ1) is 18.9. The molecule has 0 spiro atoms. The van der Waals surface area contributed by atoms with E-state index in [0.29, 0.717) is 27.9 Å². The van der Waals surface area contributed by atoms with Crippen molar-refractivity contribution in [2.24, 2.45) is 0 Å². The van der Waals surface area contributed by atoms with E-state index in [-0.39, 0.29) is 23.6 Å². The van der Waals surface area contributed by atoms with E-state index in [0.717, 1.165) is 16.5 Å². The van der Waals surface area contributed by atoms with Gasteiger partial charge in [-0.25, -0.2) is 0 Å². The molecule has 0 unspecified atom stereocenters. The lowest BCUT2D eigenvalue weighted by atomic mass is 10.1. The van der Waals surface area contributed by atoms with Gasteiger partial charge >= 0.3 is 0 Å². The number of ether oxygens (including phenoxy) is 1. The third kappa shape index (κ3) is 3.40. The van der Waals surface area contributed by atoms with Crippen molar-refractivity contribution in [3.63, 3.8) is 0 Å². The summed E-state index contributed by atoms with van der Waals surface area (Å²) in [5.74, 6) is 0.131. The second-order valence-electron chi connectivity index (χ2n) is 7.41. The number of fused-ring (bicyclic) bond motifs is 2. The molecule has 3 aromatic carbocycles. The summed E-state index contributed by atoms with van der Waals surface area (Å²) in [6, 6.07) is 22.2. The van der Waals surface area contributed by atoms with Gasteiger partial charge in [-0.05, 0) is 25.1 Å². The molecule has 0 radical (unpaired) electrons. The smallest absolute Gasteiger partial charge is 0.235 e. The molecule has 2 heterocycles. The lowest BCUT2D eigenvalue weighted by Gasteiger charge is -2.11. The second kappa shape index (κ2) is 7.61. The van der Waals surface area contributed by atoms with Crippen molar-refractivity contribution in [3.8, 4) is 17.1 Å². The predicted molar refractivity (Wildman–Crippen MR) is 121 cm³/mol. The molecule has 2 aromatic heterocycles. The number of benzene rings is 3. The highest BCUT2D eigenvalue weighted by atomic mass is 16.5. The second-order valence-corrected chi connectivity index (χ2v) is 7.41. The number of aromatic amines is 1. The normalized spacial score (nSPS) is 11.1. The Morgan fingerprint density at radius 1 is 0.935 bits per heavy atom. The van der Waals surface area contributed by atoms with Gasteiger partial charge in [0.15, 0.2) is 12.4 Å². The highest BCUT2D eigenvalue weighted by Gasteiger charge is 2.20. The average molecular weight is 409 g/mol. The predicted octanol–water partition coefficient (Wildman–Crippen LogP) is 5.51. The van der Waals surface area contributed by atoms with Crippen LogP contribution in [-0.4, -0.2) is 17.4 Å². The van der Waals surface area contributed by atoms with Crippen molar-refractivity contribution < 1.29 is 13.9 Å². The van der Waals surface area contributed by atoms with E-state index in [1.165, 1.54) is 0 Å². The van der Waals surface area contributed by atoms with Crippen molar-refractivity contribution in [1.82, 2.24) is 4.98 Å². The minimum absolute atomic E-state index is 0.0377. The molecule has 0 saturated heterocycles. The molecule has 0 aliphatic rings. The summed E-state index contributed by atoms with van der Waals surface area (Å²) in [7, 11) is 0. The molecule has 0 aliphatic carbocycles. The lowest BCUT2D eigenvalue weighted by molar-refractivity contribution is 0.0922. The number of para-hydroxylation sites is 2. The molecule has 5 heteroatoms. The third-order valence-electron chi connectivity index (χ3n) is 5.31. The van der Waals surface area contributed by atoms with Crippen LogP contribution in [0.4, 0.5) is 0 Å². The van der Waals surface area contributed by atoms with E-state index in [2.05, 4.69) is 4.98 Å². The molecule has 152 valence electrons. The summed E-state index contributed by atoms with van der Waals surface area (Å²) in [5, 5.41) is 1.23. The maximum atomic E-state index is 13.2. The van der Waals surface area contributed by atoms with E-state index >= 15 is 0 Å². The van der Waals surface area contributed by atoms with Crippen LogP contribution in [0.2, 0.25) is 0 Å². The number of ketones is 1. The van der Waals surface area contributed by atoms with Gasteiger partial charge in [0, 0.05) is 28.2 Å². The van der Waals surface area contributed by atoms with E-state index in [1.807, 2.05) is 61.5 Å². The first-order valence-corrected chi connectivity index (χ1v) is 9.97. The largest absolute Gasteiger partial charge is 0.478 e. The molecule has 0 amide bonds. The highest BCUT2D eigenvalue weighted by Crippen LogP contribution is 2.31. The number of rotatable bonds is 5. The fourth-order valence-corrected chi connectivity index (χ4v) is 3.67. The van der Waals surface area contributed by atoms with Crippen LogP contribution in [0.5, 0.6) is 5.75 Å². The Kier molecular flexibility index (Phi) is 4.64. The van der Waals surface area contributed by atoms with Crippen molar-refractivity contribution in [1.29, 1.82) is 0 Å². The standard InChI is InChI=1S/C26H19NO4/c1-16-10-12-17(13-11-16)25-26(24(29)19-7-3-5-9-23(19)31-25)30-15-22(28)20-14-27-21-8-4-2-6-18(20)21/h2-14,27H,15H2,1H3. The van der Waals surface area contributed by atoms with Crippen LogP contribution in [0.3, 0.4) is 0 Å². The van der Waals surface area contributed by atoms with Gasteiger partial charge in [0.1, 0.15) is 5.58 Å². The molecule has 5 aromatic rings. The molecule has 0 fully saturated rings. The zero-order valence-electron chi connectivity index (χ0n) is 16.8. The van der Waals surface area contributed by atoms with Crippen LogP contribution in [0.25, 0.3) is 33.2 Å². The molecule has 1 N–H and O–H groups in total. The number of nitrogens with one attached hydrogen (secondary N) is 1. The first-order valence-electron chi connectivity index (χ1n) is 9.97. The summed E-state index contributed by atoms with van der Waals surface area (Å²) in [4.78, 5) is 29.2. The number of aromatic nitrogens is 1. The summed E-state index contributed by atoms with van der Waals surface area (Å²) in [6.45, 7) is 1.71. The SMILES string of the molecule is Cc1ccc(-c2oc3ccccc3c(=O)c2OCC(=O)c2c[nH]c3ccccc23)cc1. The summed E-state index contributed by atoms with van der Waals surface area (Å²) in [6.07, 6.45) is 1.67. The number of carbonyl (C=O) groups excluding carboxylic acids is 1. The molecule has 31 heavy (non-hydrogen) atoms. The van der Waals surface area contributed by atoms with E-state index in [4.69, 9.17) is 9.15 Å². The zero-order chi connectivity index (χ0) is 21.4. The fourth-order valence-electron chi connectivity index (χ4n) is 3.67. The van der Waals surface area contributed by atoms with Gasteiger partial charge in [0.05, 0.1) is 5.39 Å². The minimum Gasteiger partial charge on any atom is -0.478 e. The first-order chi connectivity index (χ1) is 15.1. The number of hydrogen-bond donors (Lipinski definition) is 1. The molecular weight excluding hydrogens is 390 g/mol. The maximum absolute atomic E-state index is 13.2. The van der Waals surface area contributed by atoms with E-state index in [9.17, 15) is 9.59 Å². The Balaban J connectivity index is 1.56. The molecule has 0 bridgehead atoms. The average Bonchev–Trinajstić information content (AvgIpc) is 3.23. The summed E-state index contributed by atoms with van der Waals surface area (Å²) >= 11 is 0. The maximum Gasteiger partial charge on any atom is 0.235 e. The number of H-pyrrole nitrogens is 1. The number of carbonyl (C=O) groups is 1. The quantitative estimate of drug-likeness (QED) is 0.389. The number of hydrogen-bond acceptors (Lipinski definition) is 4. The van der Waals surface area contributed by atoms with Gasteiger partial charge in [0.2, 0.25) is 17.0 Å². The van der Waals surface area contributed by atoms with Crippen LogP contribution < -0.4 is 10.2 Å². The Morgan fingerprint density at radius 2 is 1.65 bits per heavy atom. The van der Waals surface area contributed by atoms with Crippen molar-refractivity contribution >= 4 is 27.7 Å². The molecule has 5 rings (SSSR count). The van der Waals surface area contributed by atoms with Crippen LogP contribution in [0.1, 0.15) is 15.9 Å². The minimum atomic E-state index is -0.302.